The number of hydrogen-bond acceptors (Lipinski definition) is 3. The molecule has 2 rings (SSSR count). The van der Waals surface area contributed by atoms with E-state index in [2.05, 4.69) is 5.32 Å². The zero-order valence-corrected chi connectivity index (χ0v) is 13.7. The van der Waals surface area contributed by atoms with Gasteiger partial charge in [-0.3, -0.25) is 9.59 Å². The van der Waals surface area contributed by atoms with E-state index in [0.29, 0.717) is 22.2 Å². The second-order valence-corrected chi connectivity index (χ2v) is 5.66. The van der Waals surface area contributed by atoms with Gasteiger partial charge in [-0.15, -0.1) is 0 Å². The molecular formula is C17H15Cl2NO3. The first-order valence-electron chi connectivity index (χ1n) is 6.99. The van der Waals surface area contributed by atoms with Gasteiger partial charge >= 0.3 is 5.97 Å². The Morgan fingerprint density at radius 1 is 1.04 bits per heavy atom. The highest BCUT2D eigenvalue weighted by atomic mass is 35.5. The lowest BCUT2D eigenvalue weighted by molar-refractivity contribution is -0.147. The molecule has 0 saturated heterocycles. The van der Waals surface area contributed by atoms with E-state index in [-0.39, 0.29) is 13.0 Å². The lowest BCUT2D eigenvalue weighted by Gasteiger charge is -2.08. The molecule has 1 N–H and O–H groups in total. The van der Waals surface area contributed by atoms with Crippen molar-refractivity contribution in [3.63, 3.8) is 0 Å². The Balaban J connectivity index is 1.74. The Labute approximate surface area is 144 Å². The van der Waals surface area contributed by atoms with Gasteiger partial charge in [-0.05, 0) is 30.2 Å². The van der Waals surface area contributed by atoms with Crippen molar-refractivity contribution in [2.75, 3.05) is 11.9 Å². The van der Waals surface area contributed by atoms with E-state index in [1.54, 1.807) is 12.1 Å². The Bertz CT molecular complexity index is 689. The molecule has 0 spiro atoms. The number of ether oxygens (including phenoxy) is 1. The van der Waals surface area contributed by atoms with Crippen molar-refractivity contribution >= 4 is 40.8 Å². The topological polar surface area (TPSA) is 55.4 Å². The summed E-state index contributed by atoms with van der Waals surface area (Å²) in [4.78, 5) is 23.4. The second kappa shape index (κ2) is 8.56. The third kappa shape index (κ3) is 5.93. The fraction of sp³-hybridized carbons (Fsp3) is 0.176. The van der Waals surface area contributed by atoms with Crippen molar-refractivity contribution in [2.45, 2.75) is 12.8 Å². The highest BCUT2D eigenvalue weighted by molar-refractivity contribution is 6.36. The fourth-order valence-electron chi connectivity index (χ4n) is 1.89. The maximum absolute atomic E-state index is 11.7. The van der Waals surface area contributed by atoms with Gasteiger partial charge in [-0.25, -0.2) is 0 Å². The minimum atomic E-state index is -0.456. The molecule has 2 aromatic carbocycles. The summed E-state index contributed by atoms with van der Waals surface area (Å²) in [6.07, 6.45) is 0.795. The van der Waals surface area contributed by atoms with Crippen molar-refractivity contribution in [2.24, 2.45) is 0 Å². The molecule has 0 aromatic heterocycles. The predicted octanol–water partition coefficient (Wildman–Crippen LogP) is 4.11. The van der Waals surface area contributed by atoms with Crippen molar-refractivity contribution in [1.82, 2.24) is 0 Å². The van der Waals surface area contributed by atoms with Crippen LogP contribution in [0.2, 0.25) is 10.0 Å². The van der Waals surface area contributed by atoms with Gasteiger partial charge in [-0.1, -0.05) is 53.5 Å². The minimum absolute atomic E-state index is 0.221. The van der Waals surface area contributed by atoms with E-state index in [4.69, 9.17) is 27.9 Å². The van der Waals surface area contributed by atoms with Gasteiger partial charge < -0.3 is 10.1 Å². The predicted molar refractivity (Wildman–Crippen MR) is 90.8 cm³/mol. The van der Waals surface area contributed by atoms with E-state index in [0.717, 1.165) is 5.56 Å². The minimum Gasteiger partial charge on any atom is -0.456 e. The van der Waals surface area contributed by atoms with Gasteiger partial charge in [0, 0.05) is 11.4 Å². The summed E-state index contributed by atoms with van der Waals surface area (Å²) in [5, 5.41) is 3.35. The van der Waals surface area contributed by atoms with Crippen LogP contribution in [0.4, 0.5) is 5.69 Å². The van der Waals surface area contributed by atoms with E-state index in [1.165, 1.54) is 6.07 Å². The molecule has 0 saturated carbocycles. The van der Waals surface area contributed by atoms with Crippen LogP contribution in [0, 0.1) is 0 Å². The quantitative estimate of drug-likeness (QED) is 0.796. The van der Waals surface area contributed by atoms with Crippen LogP contribution in [0.1, 0.15) is 12.0 Å². The molecule has 0 atom stereocenters. The average Bonchev–Trinajstić information content (AvgIpc) is 2.54. The van der Waals surface area contributed by atoms with Crippen molar-refractivity contribution in [1.29, 1.82) is 0 Å². The summed E-state index contributed by atoms with van der Waals surface area (Å²) >= 11 is 11.7. The maximum atomic E-state index is 11.7. The fourth-order valence-corrected chi connectivity index (χ4v) is 2.34. The Hall–Kier alpha value is -2.04. The smallest absolute Gasteiger partial charge is 0.306 e. The van der Waals surface area contributed by atoms with Crippen LogP contribution < -0.4 is 5.32 Å². The SMILES string of the molecule is O=C(COC(=O)CCc1ccccc1)Nc1ccc(Cl)cc1Cl. The molecule has 0 bridgehead atoms. The molecule has 23 heavy (non-hydrogen) atoms. The highest BCUT2D eigenvalue weighted by Crippen LogP contribution is 2.25. The Morgan fingerprint density at radius 2 is 1.78 bits per heavy atom. The molecule has 0 fully saturated rings. The van der Waals surface area contributed by atoms with Gasteiger partial charge in [-0.2, -0.15) is 0 Å². The lowest BCUT2D eigenvalue weighted by Crippen LogP contribution is -2.21. The van der Waals surface area contributed by atoms with E-state index in [9.17, 15) is 9.59 Å². The van der Waals surface area contributed by atoms with Crippen LogP contribution in [-0.4, -0.2) is 18.5 Å². The first-order valence-corrected chi connectivity index (χ1v) is 7.74. The van der Waals surface area contributed by atoms with Crippen molar-refractivity contribution in [3.05, 3.63) is 64.1 Å². The Morgan fingerprint density at radius 3 is 2.48 bits per heavy atom. The molecule has 1 amide bonds. The largest absolute Gasteiger partial charge is 0.456 e. The number of carbonyl (C=O) groups excluding carboxylic acids is 2. The molecular weight excluding hydrogens is 337 g/mol. The summed E-state index contributed by atoms with van der Waals surface area (Å²) in [7, 11) is 0. The van der Waals surface area contributed by atoms with Gasteiger partial charge in [0.2, 0.25) is 0 Å². The third-order valence-electron chi connectivity index (χ3n) is 3.03. The zero-order chi connectivity index (χ0) is 16.7. The number of aryl methyl sites for hydroxylation is 1. The number of hydrogen-bond donors (Lipinski definition) is 1. The molecule has 2 aromatic rings. The van der Waals surface area contributed by atoms with Crippen molar-refractivity contribution in [3.8, 4) is 0 Å². The number of benzene rings is 2. The molecule has 0 aliphatic rings. The van der Waals surface area contributed by atoms with E-state index < -0.39 is 11.9 Å². The van der Waals surface area contributed by atoms with Gasteiger partial charge in [0.05, 0.1) is 10.7 Å². The number of esters is 1. The van der Waals surface area contributed by atoms with Crippen LogP contribution in [-0.2, 0) is 20.7 Å². The molecule has 0 radical (unpaired) electrons. The highest BCUT2D eigenvalue weighted by Gasteiger charge is 2.10. The van der Waals surface area contributed by atoms with Crippen LogP contribution in [0.5, 0.6) is 0 Å². The Kier molecular flexibility index (Phi) is 6.44. The van der Waals surface area contributed by atoms with Gasteiger partial charge in [0.25, 0.3) is 5.91 Å². The molecule has 0 aliphatic carbocycles. The van der Waals surface area contributed by atoms with Crippen LogP contribution in [0.3, 0.4) is 0 Å². The zero-order valence-electron chi connectivity index (χ0n) is 12.2. The van der Waals surface area contributed by atoms with Crippen LogP contribution >= 0.6 is 23.2 Å². The summed E-state index contributed by atoms with van der Waals surface area (Å²) in [5.41, 5.74) is 1.46. The number of amides is 1. The van der Waals surface area contributed by atoms with Crippen LogP contribution in [0.15, 0.2) is 48.5 Å². The van der Waals surface area contributed by atoms with Gasteiger partial charge in [0.15, 0.2) is 6.61 Å². The molecule has 0 aliphatic heterocycles. The average molecular weight is 352 g/mol. The number of nitrogens with one attached hydrogen (secondary N) is 1. The van der Waals surface area contributed by atoms with Crippen LogP contribution in [0.25, 0.3) is 0 Å². The molecule has 120 valence electrons. The van der Waals surface area contributed by atoms with E-state index >= 15 is 0 Å². The molecule has 0 unspecified atom stereocenters. The number of anilines is 1. The molecule has 4 nitrogen and oxygen atoms in total. The summed E-state index contributed by atoms with van der Waals surface area (Å²) in [6.45, 7) is -0.355. The van der Waals surface area contributed by atoms with Crippen molar-refractivity contribution < 1.29 is 14.3 Å². The number of rotatable bonds is 6. The standard InChI is InChI=1S/C17H15Cl2NO3/c18-13-7-8-15(14(19)10-13)20-16(21)11-23-17(22)9-6-12-4-2-1-3-5-12/h1-5,7-8,10H,6,9,11H2,(H,20,21). The maximum Gasteiger partial charge on any atom is 0.306 e. The third-order valence-corrected chi connectivity index (χ3v) is 3.58. The molecule has 0 heterocycles. The number of carbonyl (C=O) groups is 2. The molecule has 6 heteroatoms. The second-order valence-electron chi connectivity index (χ2n) is 4.82. The first kappa shape index (κ1) is 17.3. The normalized spacial score (nSPS) is 10.2. The summed E-state index contributed by atoms with van der Waals surface area (Å²) in [6, 6.07) is 14.3. The summed E-state index contributed by atoms with van der Waals surface area (Å²) in [5.74, 6) is -0.881. The monoisotopic (exact) mass is 351 g/mol. The van der Waals surface area contributed by atoms with E-state index in [1.807, 2.05) is 30.3 Å². The van der Waals surface area contributed by atoms with Gasteiger partial charge in [0.1, 0.15) is 0 Å². The first-order chi connectivity index (χ1) is 11.0. The lowest BCUT2D eigenvalue weighted by atomic mass is 10.1. The summed E-state index contributed by atoms with van der Waals surface area (Å²) < 4.78 is 4.94. The number of halogens is 2.